The molecule has 1 amide bonds. The largest absolute Gasteiger partial charge is 0.371 e. The van der Waals surface area contributed by atoms with Gasteiger partial charge >= 0.3 is 0 Å². The number of carbonyl (C=O) groups excluding carboxylic acids is 1. The van der Waals surface area contributed by atoms with Crippen LogP contribution in [0, 0.1) is 6.92 Å². The molecule has 0 saturated carbocycles. The summed E-state index contributed by atoms with van der Waals surface area (Å²) in [5.74, 6) is -0.0277. The number of rotatable bonds is 6. The molecule has 190 valence electrons. The third-order valence-corrected chi connectivity index (χ3v) is 8.04. The molecule has 0 unspecified atom stereocenters. The third-order valence-electron chi connectivity index (χ3n) is 6.80. The number of anilines is 1. The van der Waals surface area contributed by atoms with E-state index < -0.39 is 9.84 Å². The molecule has 1 aromatic carbocycles. The first-order chi connectivity index (χ1) is 17.8. The molecule has 8 nitrogen and oxygen atoms in total. The molecule has 37 heavy (non-hydrogen) atoms. The van der Waals surface area contributed by atoms with Gasteiger partial charge in [-0.05, 0) is 67.8 Å². The van der Waals surface area contributed by atoms with Crippen molar-refractivity contribution in [3.8, 4) is 0 Å². The maximum atomic E-state index is 12.7. The Kier molecular flexibility index (Phi) is 6.88. The van der Waals surface area contributed by atoms with E-state index in [0.717, 1.165) is 48.8 Å². The number of amides is 1. The third kappa shape index (κ3) is 5.61. The van der Waals surface area contributed by atoms with E-state index in [1.807, 2.05) is 30.6 Å². The van der Waals surface area contributed by atoms with E-state index in [9.17, 15) is 13.2 Å². The zero-order chi connectivity index (χ0) is 26.0. The average molecular weight is 516 g/mol. The molecule has 1 saturated heterocycles. The van der Waals surface area contributed by atoms with Crippen LogP contribution in [0.15, 0.2) is 72.0 Å². The Morgan fingerprint density at radius 2 is 1.92 bits per heavy atom. The standard InChI is InChI=1S/C28H29N5O3S/c1-19-5-6-20(14-27(19)37(2,35)36)28(34)31-17-23-15-26-21(16-30-23)7-8-25(32-26)22-4-3-13-33(18-22)24-9-11-29-12-10-24/h5-12,14-16,22H,3-4,13,17-18H2,1-2H3,(H,31,34)/t22-/m1/s1. The van der Waals surface area contributed by atoms with Gasteiger partial charge in [0.15, 0.2) is 9.84 Å². The summed E-state index contributed by atoms with van der Waals surface area (Å²) in [5, 5.41) is 3.79. The Labute approximate surface area is 216 Å². The fourth-order valence-electron chi connectivity index (χ4n) is 4.82. The van der Waals surface area contributed by atoms with Crippen molar-refractivity contribution in [2.24, 2.45) is 0 Å². The van der Waals surface area contributed by atoms with Gasteiger partial charge in [-0.25, -0.2) is 8.42 Å². The second-order valence-corrected chi connectivity index (χ2v) is 11.5. The molecule has 4 heterocycles. The Hall–Kier alpha value is -3.85. The number of pyridine rings is 3. The van der Waals surface area contributed by atoms with E-state index in [1.54, 1.807) is 25.3 Å². The van der Waals surface area contributed by atoms with Crippen molar-refractivity contribution < 1.29 is 13.2 Å². The van der Waals surface area contributed by atoms with E-state index in [-0.39, 0.29) is 17.3 Å². The Morgan fingerprint density at radius 1 is 1.11 bits per heavy atom. The summed E-state index contributed by atoms with van der Waals surface area (Å²) in [6, 6.07) is 14.8. The van der Waals surface area contributed by atoms with Gasteiger partial charge in [0.05, 0.1) is 22.7 Å². The molecule has 1 aliphatic rings. The molecule has 9 heteroatoms. The summed E-state index contributed by atoms with van der Waals surface area (Å²) < 4.78 is 24.0. The number of hydrogen-bond acceptors (Lipinski definition) is 7. The van der Waals surface area contributed by atoms with Crippen molar-refractivity contribution in [3.63, 3.8) is 0 Å². The van der Waals surface area contributed by atoms with Crippen LogP contribution < -0.4 is 10.2 Å². The van der Waals surface area contributed by atoms with Gasteiger partial charge in [0.1, 0.15) is 0 Å². The molecule has 1 fully saturated rings. The molecule has 1 atom stereocenters. The number of benzene rings is 1. The lowest BCUT2D eigenvalue weighted by atomic mass is 9.93. The van der Waals surface area contributed by atoms with Gasteiger partial charge in [0.2, 0.25) is 0 Å². The highest BCUT2D eigenvalue weighted by molar-refractivity contribution is 7.90. The molecule has 0 aliphatic carbocycles. The number of hydrogen-bond donors (Lipinski definition) is 1. The number of fused-ring (bicyclic) bond motifs is 1. The molecule has 0 bridgehead atoms. The predicted octanol–water partition coefficient (Wildman–Crippen LogP) is 4.05. The summed E-state index contributed by atoms with van der Waals surface area (Å²) in [7, 11) is -3.42. The zero-order valence-electron chi connectivity index (χ0n) is 20.9. The van der Waals surface area contributed by atoms with Crippen molar-refractivity contribution in [1.29, 1.82) is 0 Å². The Morgan fingerprint density at radius 3 is 2.70 bits per heavy atom. The van der Waals surface area contributed by atoms with E-state index in [0.29, 0.717) is 22.7 Å². The molecule has 1 N–H and O–H groups in total. The van der Waals surface area contributed by atoms with Crippen molar-refractivity contribution in [2.75, 3.05) is 24.2 Å². The number of piperidine rings is 1. The molecular weight excluding hydrogens is 486 g/mol. The van der Waals surface area contributed by atoms with Crippen molar-refractivity contribution in [3.05, 3.63) is 89.6 Å². The van der Waals surface area contributed by atoms with Gasteiger partial charge in [-0.2, -0.15) is 0 Å². The molecule has 4 aromatic rings. The Balaban J connectivity index is 1.30. The highest BCUT2D eigenvalue weighted by Gasteiger charge is 2.23. The monoisotopic (exact) mass is 515 g/mol. The molecular formula is C28H29N5O3S. The normalized spacial score (nSPS) is 16.1. The van der Waals surface area contributed by atoms with Crippen LogP contribution in [0.3, 0.4) is 0 Å². The van der Waals surface area contributed by atoms with Crippen LogP contribution in [0.2, 0.25) is 0 Å². The van der Waals surface area contributed by atoms with E-state index in [2.05, 4.69) is 32.3 Å². The zero-order valence-corrected chi connectivity index (χ0v) is 21.7. The minimum absolute atomic E-state index is 0.158. The van der Waals surface area contributed by atoms with Gasteiger partial charge in [-0.3, -0.25) is 19.7 Å². The van der Waals surface area contributed by atoms with Crippen LogP contribution in [-0.2, 0) is 16.4 Å². The van der Waals surface area contributed by atoms with Crippen molar-refractivity contribution >= 4 is 32.3 Å². The maximum absolute atomic E-state index is 12.7. The SMILES string of the molecule is Cc1ccc(C(=O)NCc2cc3nc([C@@H]4CCCN(c5ccncc5)C4)ccc3cn2)cc1S(C)(=O)=O. The van der Waals surface area contributed by atoms with E-state index >= 15 is 0 Å². The number of sulfone groups is 1. The lowest BCUT2D eigenvalue weighted by Gasteiger charge is -2.34. The first kappa shape index (κ1) is 24.8. The summed E-state index contributed by atoms with van der Waals surface area (Å²) in [4.78, 5) is 28.8. The van der Waals surface area contributed by atoms with Gasteiger partial charge < -0.3 is 10.2 Å². The number of aryl methyl sites for hydroxylation is 1. The van der Waals surface area contributed by atoms with Gasteiger partial charge in [0, 0.05) is 66.2 Å². The Bertz CT molecular complexity index is 1560. The molecule has 5 rings (SSSR count). The highest BCUT2D eigenvalue weighted by atomic mass is 32.2. The second-order valence-electron chi connectivity index (χ2n) is 9.53. The molecule has 0 radical (unpaired) electrons. The minimum atomic E-state index is -3.42. The van der Waals surface area contributed by atoms with Crippen LogP contribution in [0.1, 0.15) is 46.1 Å². The van der Waals surface area contributed by atoms with Crippen LogP contribution in [0.5, 0.6) is 0 Å². The van der Waals surface area contributed by atoms with Gasteiger partial charge in [-0.1, -0.05) is 6.07 Å². The summed E-state index contributed by atoms with van der Waals surface area (Å²) in [5.41, 5.74) is 4.66. The lowest BCUT2D eigenvalue weighted by molar-refractivity contribution is 0.0950. The first-order valence-electron chi connectivity index (χ1n) is 12.3. The minimum Gasteiger partial charge on any atom is -0.371 e. The average Bonchev–Trinajstić information content (AvgIpc) is 2.91. The summed E-state index contributed by atoms with van der Waals surface area (Å²) in [6.07, 6.45) is 8.74. The van der Waals surface area contributed by atoms with E-state index in [1.165, 1.54) is 11.8 Å². The summed E-state index contributed by atoms with van der Waals surface area (Å²) >= 11 is 0. The van der Waals surface area contributed by atoms with Crippen molar-refractivity contribution in [2.45, 2.75) is 37.1 Å². The van der Waals surface area contributed by atoms with E-state index in [4.69, 9.17) is 4.98 Å². The van der Waals surface area contributed by atoms with Gasteiger partial charge in [0.25, 0.3) is 5.91 Å². The quantitative estimate of drug-likeness (QED) is 0.413. The first-order valence-corrected chi connectivity index (χ1v) is 14.2. The maximum Gasteiger partial charge on any atom is 0.251 e. The molecule has 3 aromatic heterocycles. The number of carbonyl (C=O) groups is 1. The van der Waals surface area contributed by atoms with Crippen LogP contribution >= 0.6 is 0 Å². The van der Waals surface area contributed by atoms with Crippen molar-refractivity contribution in [1.82, 2.24) is 20.3 Å². The summed E-state index contributed by atoms with van der Waals surface area (Å²) in [6.45, 7) is 3.85. The fraction of sp³-hybridized carbons (Fsp3) is 0.286. The van der Waals surface area contributed by atoms with Crippen LogP contribution in [0.4, 0.5) is 5.69 Å². The fourth-order valence-corrected chi connectivity index (χ4v) is 5.81. The number of nitrogens with zero attached hydrogens (tertiary/aromatic N) is 4. The number of aromatic nitrogens is 3. The molecule has 0 spiro atoms. The topological polar surface area (TPSA) is 105 Å². The predicted molar refractivity (Wildman–Crippen MR) is 143 cm³/mol. The smallest absolute Gasteiger partial charge is 0.251 e. The second kappa shape index (κ2) is 10.3. The van der Waals surface area contributed by atoms with Gasteiger partial charge in [-0.15, -0.1) is 0 Å². The molecule has 1 aliphatic heterocycles. The highest BCUT2D eigenvalue weighted by Crippen LogP contribution is 2.30. The van der Waals surface area contributed by atoms with Crippen LogP contribution in [-0.4, -0.2) is 48.6 Å². The number of nitrogens with one attached hydrogen (secondary N) is 1. The lowest BCUT2D eigenvalue weighted by Crippen LogP contribution is -2.34. The van der Waals surface area contributed by atoms with Crippen LogP contribution in [0.25, 0.3) is 10.9 Å².